The molecular formula is C13H9N7O4. The average Bonchev–Trinajstić information content (AvgIpc) is 3.02. The van der Waals surface area contributed by atoms with E-state index < -0.39 is 15.5 Å². The van der Waals surface area contributed by atoms with Crippen LogP contribution in [0.15, 0.2) is 46.6 Å². The van der Waals surface area contributed by atoms with Crippen LogP contribution in [0.1, 0.15) is 5.56 Å². The van der Waals surface area contributed by atoms with Crippen LogP contribution in [0.25, 0.3) is 11.0 Å². The van der Waals surface area contributed by atoms with E-state index in [2.05, 4.69) is 25.6 Å². The van der Waals surface area contributed by atoms with Gasteiger partial charge in [-0.25, -0.2) is 0 Å². The van der Waals surface area contributed by atoms with Gasteiger partial charge in [-0.05, 0) is 23.8 Å². The molecule has 11 nitrogen and oxygen atoms in total. The Hall–Kier alpha value is -3.76. The molecule has 0 atom stereocenters. The van der Waals surface area contributed by atoms with Crippen molar-refractivity contribution in [2.75, 3.05) is 0 Å². The molecule has 0 amide bonds. The number of hydrogen-bond acceptors (Lipinski definition) is 8. The third kappa shape index (κ3) is 3.04. The molecule has 0 aliphatic rings. The third-order valence-corrected chi connectivity index (χ3v) is 3.18. The van der Waals surface area contributed by atoms with Gasteiger partial charge >= 0.3 is 5.69 Å². The minimum atomic E-state index is -0.733. The number of aromatic amines is 1. The molecule has 3 rings (SSSR count). The monoisotopic (exact) mass is 327 g/mol. The van der Waals surface area contributed by atoms with E-state index in [1.807, 2.05) is 0 Å². The normalized spacial score (nSPS) is 11.2. The van der Waals surface area contributed by atoms with Crippen molar-refractivity contribution >= 4 is 28.1 Å². The number of aromatic nitrogens is 3. The molecule has 0 unspecified atom stereocenters. The molecule has 0 saturated heterocycles. The first-order valence-corrected chi connectivity index (χ1v) is 6.64. The SMILES string of the molecule is O=[N+]([O-])c1ccc(N=NCc2ccc3n[nH]nc3c2)c([N+](=O)[O-])c1. The van der Waals surface area contributed by atoms with Gasteiger partial charge in [0.05, 0.1) is 22.5 Å². The quantitative estimate of drug-likeness (QED) is 0.431. The molecular weight excluding hydrogens is 318 g/mol. The lowest BCUT2D eigenvalue weighted by Gasteiger charge is -1.98. The second-order valence-corrected chi connectivity index (χ2v) is 4.73. The predicted molar refractivity (Wildman–Crippen MR) is 81.9 cm³/mol. The number of non-ortho nitro benzene ring substituents is 1. The first-order chi connectivity index (χ1) is 11.5. The Morgan fingerprint density at radius 1 is 1.00 bits per heavy atom. The van der Waals surface area contributed by atoms with E-state index in [1.54, 1.807) is 18.2 Å². The summed E-state index contributed by atoms with van der Waals surface area (Å²) < 4.78 is 0. The minimum absolute atomic E-state index is 0.0480. The minimum Gasteiger partial charge on any atom is -0.258 e. The first-order valence-electron chi connectivity index (χ1n) is 6.64. The molecule has 1 heterocycles. The molecule has 1 aromatic heterocycles. The van der Waals surface area contributed by atoms with E-state index in [4.69, 9.17) is 0 Å². The summed E-state index contributed by atoms with van der Waals surface area (Å²) in [5.41, 5.74) is 1.28. The summed E-state index contributed by atoms with van der Waals surface area (Å²) in [5.74, 6) is 0. The second kappa shape index (κ2) is 6.16. The summed E-state index contributed by atoms with van der Waals surface area (Å²) >= 11 is 0. The van der Waals surface area contributed by atoms with E-state index in [9.17, 15) is 20.2 Å². The number of nitrogens with one attached hydrogen (secondary N) is 1. The Bertz CT molecular complexity index is 966. The Morgan fingerprint density at radius 2 is 1.79 bits per heavy atom. The first kappa shape index (κ1) is 15.1. The molecule has 0 bridgehead atoms. The van der Waals surface area contributed by atoms with E-state index in [0.29, 0.717) is 11.0 Å². The number of H-pyrrole nitrogens is 1. The van der Waals surface area contributed by atoms with Crippen molar-refractivity contribution in [3.8, 4) is 0 Å². The van der Waals surface area contributed by atoms with Crippen LogP contribution >= 0.6 is 0 Å². The van der Waals surface area contributed by atoms with Gasteiger partial charge in [-0.1, -0.05) is 6.07 Å². The van der Waals surface area contributed by atoms with Crippen LogP contribution in [0.5, 0.6) is 0 Å². The predicted octanol–water partition coefficient (Wildman–Crippen LogP) is 3.06. The van der Waals surface area contributed by atoms with Crippen molar-refractivity contribution in [2.45, 2.75) is 6.54 Å². The molecule has 0 spiro atoms. The summed E-state index contributed by atoms with van der Waals surface area (Å²) in [6, 6.07) is 8.51. The van der Waals surface area contributed by atoms with Crippen LogP contribution in [0.2, 0.25) is 0 Å². The van der Waals surface area contributed by atoms with Crippen molar-refractivity contribution in [1.29, 1.82) is 0 Å². The van der Waals surface area contributed by atoms with Gasteiger partial charge < -0.3 is 0 Å². The highest BCUT2D eigenvalue weighted by Gasteiger charge is 2.19. The molecule has 11 heteroatoms. The Kier molecular flexibility index (Phi) is 3.89. The van der Waals surface area contributed by atoms with Gasteiger partial charge in [0.25, 0.3) is 5.69 Å². The van der Waals surface area contributed by atoms with Crippen molar-refractivity contribution in [3.63, 3.8) is 0 Å². The van der Waals surface area contributed by atoms with Crippen molar-refractivity contribution in [1.82, 2.24) is 15.4 Å². The van der Waals surface area contributed by atoms with Crippen molar-refractivity contribution < 1.29 is 9.85 Å². The number of nitro benzene ring substituents is 2. The fourth-order valence-corrected chi connectivity index (χ4v) is 2.03. The lowest BCUT2D eigenvalue weighted by molar-refractivity contribution is -0.393. The Morgan fingerprint density at radius 3 is 2.54 bits per heavy atom. The number of nitro groups is 2. The number of azo groups is 1. The van der Waals surface area contributed by atoms with Crippen LogP contribution in [0.4, 0.5) is 17.1 Å². The maximum Gasteiger partial charge on any atom is 0.303 e. The van der Waals surface area contributed by atoms with E-state index >= 15 is 0 Å². The van der Waals surface area contributed by atoms with Crippen LogP contribution in [0.3, 0.4) is 0 Å². The Balaban J connectivity index is 1.82. The molecule has 0 fully saturated rings. The zero-order chi connectivity index (χ0) is 17.1. The van der Waals surface area contributed by atoms with Gasteiger partial charge in [0.15, 0.2) is 5.69 Å². The average molecular weight is 327 g/mol. The summed E-state index contributed by atoms with van der Waals surface area (Å²) in [6.45, 7) is 0.178. The fraction of sp³-hybridized carbons (Fsp3) is 0.0769. The summed E-state index contributed by atoms with van der Waals surface area (Å²) in [6.07, 6.45) is 0. The Labute approximate surface area is 133 Å². The van der Waals surface area contributed by atoms with Gasteiger partial charge in [0.1, 0.15) is 11.0 Å². The summed E-state index contributed by atoms with van der Waals surface area (Å²) in [5, 5.41) is 39.8. The molecule has 0 aliphatic carbocycles. The topological polar surface area (TPSA) is 153 Å². The molecule has 0 radical (unpaired) electrons. The number of hydrogen-bond donors (Lipinski definition) is 1. The largest absolute Gasteiger partial charge is 0.303 e. The standard InChI is InChI=1S/C13H9N7O4/c21-19(22)9-2-4-11(13(6-9)20(23)24)15-14-7-8-1-3-10-12(5-8)17-18-16-10/h1-6H,7H2,(H,16,17,18). The zero-order valence-corrected chi connectivity index (χ0v) is 12.0. The second-order valence-electron chi connectivity index (χ2n) is 4.73. The zero-order valence-electron chi connectivity index (χ0n) is 12.0. The van der Waals surface area contributed by atoms with E-state index in [1.165, 1.54) is 6.07 Å². The van der Waals surface area contributed by atoms with Crippen LogP contribution in [0, 0.1) is 20.2 Å². The molecule has 1 N–H and O–H groups in total. The highest BCUT2D eigenvalue weighted by atomic mass is 16.6. The molecule has 2 aromatic carbocycles. The van der Waals surface area contributed by atoms with Crippen molar-refractivity contribution in [2.24, 2.45) is 10.2 Å². The van der Waals surface area contributed by atoms with E-state index in [-0.39, 0.29) is 17.9 Å². The highest BCUT2D eigenvalue weighted by molar-refractivity contribution is 5.74. The summed E-state index contributed by atoms with van der Waals surface area (Å²) in [7, 11) is 0. The van der Waals surface area contributed by atoms with Gasteiger partial charge in [0, 0.05) is 6.07 Å². The van der Waals surface area contributed by atoms with Gasteiger partial charge in [-0.15, -0.1) is 5.11 Å². The van der Waals surface area contributed by atoms with Gasteiger partial charge in [0.2, 0.25) is 0 Å². The number of rotatable bonds is 5. The van der Waals surface area contributed by atoms with Crippen LogP contribution in [-0.4, -0.2) is 25.3 Å². The van der Waals surface area contributed by atoms with Gasteiger partial charge in [-0.3, -0.25) is 20.2 Å². The maximum atomic E-state index is 11.0. The molecule has 0 aliphatic heterocycles. The number of nitrogens with zero attached hydrogens (tertiary/aromatic N) is 6. The summed E-state index contributed by atoms with van der Waals surface area (Å²) in [4.78, 5) is 20.3. The molecule has 120 valence electrons. The molecule has 24 heavy (non-hydrogen) atoms. The highest BCUT2D eigenvalue weighted by Crippen LogP contribution is 2.31. The molecule has 3 aromatic rings. The van der Waals surface area contributed by atoms with E-state index in [0.717, 1.165) is 17.7 Å². The number of fused-ring (bicyclic) bond motifs is 1. The van der Waals surface area contributed by atoms with Crippen LogP contribution in [-0.2, 0) is 6.54 Å². The number of benzene rings is 2. The molecule has 0 saturated carbocycles. The smallest absolute Gasteiger partial charge is 0.258 e. The fourth-order valence-electron chi connectivity index (χ4n) is 2.03. The maximum absolute atomic E-state index is 11.0. The van der Waals surface area contributed by atoms with Gasteiger partial charge in [-0.2, -0.15) is 20.5 Å². The van der Waals surface area contributed by atoms with Crippen LogP contribution < -0.4 is 0 Å². The lowest BCUT2D eigenvalue weighted by Crippen LogP contribution is -1.92. The third-order valence-electron chi connectivity index (χ3n) is 3.18. The van der Waals surface area contributed by atoms with Crippen molar-refractivity contribution in [3.05, 3.63) is 62.2 Å². The lowest BCUT2D eigenvalue weighted by atomic mass is 10.2.